The Hall–Kier alpha value is -0.480. The van der Waals surface area contributed by atoms with Gasteiger partial charge in [0, 0.05) is 36.2 Å². The highest BCUT2D eigenvalue weighted by Crippen LogP contribution is 2.22. The molecule has 0 bridgehead atoms. The molecule has 0 spiro atoms. The van der Waals surface area contributed by atoms with Crippen molar-refractivity contribution in [2.24, 2.45) is 0 Å². The summed E-state index contributed by atoms with van der Waals surface area (Å²) in [4.78, 5) is 0. The molecule has 1 aromatic carbocycles. The molecule has 1 unspecified atom stereocenters. The Bertz CT molecular complexity index is 347. The van der Waals surface area contributed by atoms with E-state index >= 15 is 0 Å². The van der Waals surface area contributed by atoms with Gasteiger partial charge in [0.1, 0.15) is 5.75 Å². The van der Waals surface area contributed by atoms with Gasteiger partial charge in [-0.1, -0.05) is 11.6 Å². The summed E-state index contributed by atoms with van der Waals surface area (Å²) in [6.07, 6.45) is 0. The third kappa shape index (κ3) is 4.72. The van der Waals surface area contributed by atoms with Crippen LogP contribution in [0, 0.1) is 0 Å². The lowest BCUT2D eigenvalue weighted by Crippen LogP contribution is -2.34. The Kier molecular flexibility index (Phi) is 6.66. The van der Waals surface area contributed by atoms with Crippen LogP contribution < -0.4 is 10.1 Å². The van der Waals surface area contributed by atoms with Crippen molar-refractivity contribution in [1.82, 2.24) is 5.32 Å². The van der Waals surface area contributed by atoms with Gasteiger partial charge in [0.2, 0.25) is 0 Å². The van der Waals surface area contributed by atoms with Gasteiger partial charge in [-0.25, -0.2) is 0 Å². The van der Waals surface area contributed by atoms with Crippen molar-refractivity contribution in [3.05, 3.63) is 28.8 Å². The Morgan fingerprint density at radius 1 is 1.35 bits per heavy atom. The first-order chi connectivity index (χ1) is 8.21. The van der Waals surface area contributed by atoms with Crippen LogP contribution in [0.2, 0.25) is 5.02 Å². The van der Waals surface area contributed by atoms with E-state index in [4.69, 9.17) is 32.7 Å². The van der Waals surface area contributed by atoms with Gasteiger partial charge in [0.05, 0.1) is 13.7 Å². The van der Waals surface area contributed by atoms with Crippen molar-refractivity contribution < 1.29 is 9.47 Å². The van der Waals surface area contributed by atoms with Gasteiger partial charge in [0.15, 0.2) is 0 Å². The minimum Gasteiger partial charge on any atom is -0.496 e. The van der Waals surface area contributed by atoms with Crippen LogP contribution in [0.25, 0.3) is 0 Å². The minimum absolute atomic E-state index is 0.116. The van der Waals surface area contributed by atoms with Crippen LogP contribution in [-0.2, 0) is 11.3 Å². The second-order valence-corrected chi connectivity index (χ2v) is 4.39. The van der Waals surface area contributed by atoms with Crippen molar-refractivity contribution >= 4 is 23.2 Å². The van der Waals surface area contributed by atoms with Gasteiger partial charge < -0.3 is 14.8 Å². The zero-order valence-corrected chi connectivity index (χ0v) is 11.5. The van der Waals surface area contributed by atoms with Crippen LogP contribution in [0.5, 0.6) is 5.75 Å². The molecule has 1 atom stereocenters. The van der Waals surface area contributed by atoms with E-state index in [1.54, 1.807) is 20.3 Å². The third-order valence-electron chi connectivity index (χ3n) is 2.38. The average molecular weight is 278 g/mol. The molecule has 0 aliphatic rings. The summed E-state index contributed by atoms with van der Waals surface area (Å²) in [5, 5.41) is 3.98. The van der Waals surface area contributed by atoms with E-state index in [1.807, 2.05) is 12.1 Å². The first-order valence-corrected chi connectivity index (χ1v) is 6.23. The number of hydrogen-bond donors (Lipinski definition) is 1. The highest BCUT2D eigenvalue weighted by molar-refractivity contribution is 6.30. The number of halogens is 2. The van der Waals surface area contributed by atoms with Gasteiger partial charge in [-0.15, -0.1) is 11.6 Å². The maximum atomic E-state index is 5.95. The molecule has 96 valence electrons. The van der Waals surface area contributed by atoms with Gasteiger partial charge in [-0.3, -0.25) is 0 Å². The van der Waals surface area contributed by atoms with Crippen LogP contribution >= 0.6 is 23.2 Å². The van der Waals surface area contributed by atoms with E-state index in [-0.39, 0.29) is 6.04 Å². The molecule has 1 N–H and O–H groups in total. The average Bonchev–Trinajstić information content (AvgIpc) is 2.34. The van der Waals surface area contributed by atoms with Gasteiger partial charge in [-0.2, -0.15) is 0 Å². The predicted octanol–water partition coefficient (Wildman–Crippen LogP) is 2.69. The minimum atomic E-state index is 0.116. The molecule has 0 radical (unpaired) electrons. The van der Waals surface area contributed by atoms with E-state index in [0.29, 0.717) is 24.1 Å². The Balaban J connectivity index is 2.63. The van der Waals surface area contributed by atoms with Crippen LogP contribution in [0.15, 0.2) is 18.2 Å². The van der Waals surface area contributed by atoms with Crippen molar-refractivity contribution in [1.29, 1.82) is 0 Å². The maximum Gasteiger partial charge on any atom is 0.123 e. The second-order valence-electron chi connectivity index (χ2n) is 3.64. The fraction of sp³-hybridized carbons (Fsp3) is 0.500. The SMILES string of the molecule is COCC(CCl)NCc1cc(Cl)ccc1OC. The monoisotopic (exact) mass is 277 g/mol. The largest absolute Gasteiger partial charge is 0.496 e. The van der Waals surface area contributed by atoms with E-state index in [0.717, 1.165) is 11.3 Å². The lowest BCUT2D eigenvalue weighted by Gasteiger charge is -2.16. The van der Waals surface area contributed by atoms with Crippen molar-refractivity contribution in [3.8, 4) is 5.75 Å². The second kappa shape index (κ2) is 7.77. The Morgan fingerprint density at radius 2 is 2.12 bits per heavy atom. The zero-order chi connectivity index (χ0) is 12.7. The summed E-state index contributed by atoms with van der Waals surface area (Å²) in [5.41, 5.74) is 1.01. The summed E-state index contributed by atoms with van der Waals surface area (Å²) in [6.45, 7) is 1.22. The van der Waals surface area contributed by atoms with E-state index in [9.17, 15) is 0 Å². The molecule has 0 heterocycles. The van der Waals surface area contributed by atoms with Crippen LogP contribution in [-0.4, -0.2) is 32.7 Å². The molecular formula is C12H17Cl2NO2. The number of nitrogens with one attached hydrogen (secondary N) is 1. The summed E-state index contributed by atoms with van der Waals surface area (Å²) >= 11 is 11.8. The maximum absolute atomic E-state index is 5.95. The molecule has 0 aromatic heterocycles. The first kappa shape index (κ1) is 14.6. The number of methoxy groups -OCH3 is 2. The summed E-state index contributed by atoms with van der Waals surface area (Å²) in [7, 11) is 3.29. The molecule has 0 aliphatic carbocycles. The summed E-state index contributed by atoms with van der Waals surface area (Å²) in [5.74, 6) is 1.31. The number of ether oxygens (including phenoxy) is 2. The topological polar surface area (TPSA) is 30.5 Å². The molecule has 1 aromatic rings. The van der Waals surface area contributed by atoms with Crippen LogP contribution in [0.3, 0.4) is 0 Å². The molecule has 0 aliphatic heterocycles. The van der Waals surface area contributed by atoms with Crippen molar-refractivity contribution in [2.75, 3.05) is 26.7 Å². The Labute approximate surface area is 112 Å². The standard InChI is InChI=1S/C12H17Cl2NO2/c1-16-8-11(6-13)15-7-9-5-10(14)3-4-12(9)17-2/h3-5,11,15H,6-8H2,1-2H3. The molecule has 0 amide bonds. The molecule has 3 nitrogen and oxygen atoms in total. The van der Waals surface area contributed by atoms with Crippen molar-refractivity contribution in [3.63, 3.8) is 0 Å². The summed E-state index contributed by atoms with van der Waals surface area (Å²) < 4.78 is 10.3. The molecule has 1 rings (SSSR count). The molecular weight excluding hydrogens is 261 g/mol. The lowest BCUT2D eigenvalue weighted by molar-refractivity contribution is 0.172. The fourth-order valence-electron chi connectivity index (χ4n) is 1.50. The van der Waals surface area contributed by atoms with E-state index in [2.05, 4.69) is 5.32 Å². The van der Waals surface area contributed by atoms with Gasteiger partial charge >= 0.3 is 0 Å². The molecule has 17 heavy (non-hydrogen) atoms. The van der Waals surface area contributed by atoms with E-state index in [1.165, 1.54) is 0 Å². The number of benzene rings is 1. The lowest BCUT2D eigenvalue weighted by atomic mass is 10.2. The van der Waals surface area contributed by atoms with E-state index < -0.39 is 0 Å². The smallest absolute Gasteiger partial charge is 0.123 e. The number of alkyl halides is 1. The number of rotatable bonds is 7. The predicted molar refractivity (Wildman–Crippen MR) is 71.2 cm³/mol. The Morgan fingerprint density at radius 3 is 2.71 bits per heavy atom. The molecule has 5 heteroatoms. The fourth-order valence-corrected chi connectivity index (χ4v) is 1.89. The quantitative estimate of drug-likeness (QED) is 0.778. The third-order valence-corrected chi connectivity index (χ3v) is 2.99. The molecule has 0 saturated heterocycles. The molecule has 0 saturated carbocycles. The van der Waals surface area contributed by atoms with Crippen LogP contribution in [0.4, 0.5) is 0 Å². The molecule has 0 fully saturated rings. The highest BCUT2D eigenvalue weighted by Gasteiger charge is 2.09. The number of hydrogen-bond acceptors (Lipinski definition) is 3. The van der Waals surface area contributed by atoms with Gasteiger partial charge in [0.25, 0.3) is 0 Å². The summed E-state index contributed by atoms with van der Waals surface area (Å²) in [6, 6.07) is 5.65. The highest BCUT2D eigenvalue weighted by atomic mass is 35.5. The van der Waals surface area contributed by atoms with Crippen molar-refractivity contribution in [2.45, 2.75) is 12.6 Å². The van der Waals surface area contributed by atoms with Crippen LogP contribution in [0.1, 0.15) is 5.56 Å². The first-order valence-electron chi connectivity index (χ1n) is 5.32. The normalized spacial score (nSPS) is 12.5. The van der Waals surface area contributed by atoms with Gasteiger partial charge in [-0.05, 0) is 18.2 Å². The zero-order valence-electron chi connectivity index (χ0n) is 10.0.